The molecule has 0 aromatic heterocycles. The van der Waals surface area contributed by atoms with Crippen molar-refractivity contribution < 1.29 is 14.2 Å². The van der Waals surface area contributed by atoms with Gasteiger partial charge in [0, 0.05) is 26.3 Å². The van der Waals surface area contributed by atoms with Crippen molar-refractivity contribution in [1.29, 1.82) is 0 Å². The molecule has 0 aromatic rings. The van der Waals surface area contributed by atoms with Gasteiger partial charge in [-0.05, 0) is 13.8 Å². The highest BCUT2D eigenvalue weighted by Crippen LogP contribution is 1.89. The number of methoxy groups -OCH3 is 2. The Morgan fingerprint density at radius 3 is 2.14 bits per heavy atom. The Kier molecular flexibility index (Phi) is 9.29. The van der Waals surface area contributed by atoms with Crippen molar-refractivity contribution in [3.05, 3.63) is 0 Å². The van der Waals surface area contributed by atoms with E-state index in [0.717, 1.165) is 6.61 Å². The summed E-state index contributed by atoms with van der Waals surface area (Å²) in [4.78, 5) is 0. The van der Waals surface area contributed by atoms with E-state index in [0.29, 0.717) is 31.9 Å². The lowest BCUT2D eigenvalue weighted by Crippen LogP contribution is -2.40. The van der Waals surface area contributed by atoms with Crippen molar-refractivity contribution in [2.24, 2.45) is 0 Å². The van der Waals surface area contributed by atoms with Crippen molar-refractivity contribution in [3.8, 4) is 0 Å². The molecular weight excluding hydrogens is 182 g/mol. The predicted molar refractivity (Wildman–Crippen MR) is 56.6 cm³/mol. The van der Waals surface area contributed by atoms with Crippen LogP contribution in [0.2, 0.25) is 0 Å². The van der Waals surface area contributed by atoms with Crippen molar-refractivity contribution >= 4 is 0 Å². The van der Waals surface area contributed by atoms with Gasteiger partial charge in [-0.1, -0.05) is 0 Å². The summed E-state index contributed by atoms with van der Waals surface area (Å²) >= 11 is 0. The molecule has 0 spiro atoms. The molecule has 0 fully saturated rings. The first-order chi connectivity index (χ1) is 6.70. The summed E-state index contributed by atoms with van der Waals surface area (Å²) in [5.41, 5.74) is 0. The summed E-state index contributed by atoms with van der Waals surface area (Å²) in [7, 11) is 3.38. The first-order valence-electron chi connectivity index (χ1n) is 5.02. The molecule has 0 aromatic carbocycles. The van der Waals surface area contributed by atoms with Gasteiger partial charge in [0.05, 0.1) is 26.4 Å². The van der Waals surface area contributed by atoms with E-state index in [1.165, 1.54) is 0 Å². The number of hydrogen-bond donors (Lipinski definition) is 1. The lowest BCUT2D eigenvalue weighted by Gasteiger charge is -2.19. The molecule has 4 heteroatoms. The summed E-state index contributed by atoms with van der Waals surface area (Å²) in [5.74, 6) is 0. The topological polar surface area (TPSA) is 39.7 Å². The summed E-state index contributed by atoms with van der Waals surface area (Å²) in [5, 5.41) is 3.37. The van der Waals surface area contributed by atoms with E-state index in [1.807, 2.05) is 0 Å². The second-order valence-electron chi connectivity index (χ2n) is 3.49. The number of hydrogen-bond acceptors (Lipinski definition) is 4. The fourth-order valence-electron chi connectivity index (χ4n) is 1.23. The van der Waals surface area contributed by atoms with Crippen LogP contribution in [-0.4, -0.2) is 52.7 Å². The van der Waals surface area contributed by atoms with E-state index in [9.17, 15) is 0 Å². The second kappa shape index (κ2) is 9.40. The van der Waals surface area contributed by atoms with Crippen LogP contribution in [0.15, 0.2) is 0 Å². The molecule has 0 saturated heterocycles. The van der Waals surface area contributed by atoms with E-state index in [4.69, 9.17) is 14.2 Å². The van der Waals surface area contributed by atoms with Gasteiger partial charge in [-0.15, -0.1) is 0 Å². The monoisotopic (exact) mass is 205 g/mol. The van der Waals surface area contributed by atoms with Gasteiger partial charge in [0.15, 0.2) is 0 Å². The van der Waals surface area contributed by atoms with Gasteiger partial charge >= 0.3 is 0 Å². The van der Waals surface area contributed by atoms with Crippen LogP contribution in [0.25, 0.3) is 0 Å². The van der Waals surface area contributed by atoms with Gasteiger partial charge < -0.3 is 19.5 Å². The Labute approximate surface area is 86.9 Å². The van der Waals surface area contributed by atoms with Crippen LogP contribution >= 0.6 is 0 Å². The second-order valence-corrected chi connectivity index (χ2v) is 3.49. The van der Waals surface area contributed by atoms with E-state index >= 15 is 0 Å². The van der Waals surface area contributed by atoms with E-state index in [1.54, 1.807) is 14.2 Å². The molecule has 1 N–H and O–H groups in total. The molecule has 0 aliphatic heterocycles. The smallest absolute Gasteiger partial charge is 0.0701 e. The van der Waals surface area contributed by atoms with Gasteiger partial charge in [0.2, 0.25) is 0 Å². The number of nitrogens with one attached hydrogen (secondary N) is 1. The summed E-state index contributed by atoms with van der Waals surface area (Å²) in [6, 6.07) is 0.707. The maximum Gasteiger partial charge on any atom is 0.0701 e. The lowest BCUT2D eigenvalue weighted by molar-refractivity contribution is 0.0572. The van der Waals surface area contributed by atoms with Crippen molar-refractivity contribution in [1.82, 2.24) is 5.32 Å². The average Bonchev–Trinajstić information content (AvgIpc) is 2.13. The maximum atomic E-state index is 5.39. The minimum atomic E-state index is 0.344. The molecule has 0 aliphatic carbocycles. The largest absolute Gasteiger partial charge is 0.383 e. The number of ether oxygens (including phenoxy) is 3. The predicted octanol–water partition coefficient (Wildman–Crippen LogP) is 0.662. The van der Waals surface area contributed by atoms with Gasteiger partial charge in [-0.25, -0.2) is 0 Å². The molecule has 0 amide bonds. The zero-order valence-corrected chi connectivity index (χ0v) is 9.71. The standard InChI is InChI=1S/C10H23NO3/c1-9(7-13-4)11-10(2)8-14-6-5-12-3/h9-11H,5-8H2,1-4H3. The Hall–Kier alpha value is -0.160. The van der Waals surface area contributed by atoms with E-state index < -0.39 is 0 Å². The minimum absolute atomic E-state index is 0.344. The molecule has 0 aliphatic rings. The molecule has 86 valence electrons. The fourth-order valence-corrected chi connectivity index (χ4v) is 1.23. The Bertz CT molecular complexity index is 122. The Morgan fingerprint density at radius 1 is 0.929 bits per heavy atom. The first-order valence-corrected chi connectivity index (χ1v) is 5.02. The highest BCUT2D eigenvalue weighted by molar-refractivity contribution is 4.66. The van der Waals surface area contributed by atoms with Gasteiger partial charge in [0.25, 0.3) is 0 Å². The van der Waals surface area contributed by atoms with Gasteiger partial charge in [-0.3, -0.25) is 0 Å². The Balaban J connectivity index is 3.30. The van der Waals surface area contributed by atoms with E-state index in [2.05, 4.69) is 19.2 Å². The SMILES string of the molecule is COCCOCC(C)NC(C)COC. The minimum Gasteiger partial charge on any atom is -0.383 e. The quantitative estimate of drug-likeness (QED) is 0.561. The molecule has 14 heavy (non-hydrogen) atoms. The molecule has 0 bridgehead atoms. The molecule has 0 heterocycles. The zero-order chi connectivity index (χ0) is 10.8. The molecule has 0 rings (SSSR count). The third kappa shape index (κ3) is 8.44. The van der Waals surface area contributed by atoms with Crippen molar-refractivity contribution in [2.75, 3.05) is 40.6 Å². The van der Waals surface area contributed by atoms with Crippen LogP contribution in [0.4, 0.5) is 0 Å². The molecule has 2 atom stereocenters. The third-order valence-electron chi connectivity index (χ3n) is 1.79. The fraction of sp³-hybridized carbons (Fsp3) is 1.00. The summed E-state index contributed by atoms with van der Waals surface area (Å²) < 4.78 is 15.3. The van der Waals surface area contributed by atoms with Crippen LogP contribution in [0.5, 0.6) is 0 Å². The molecule has 0 saturated carbocycles. The van der Waals surface area contributed by atoms with Crippen molar-refractivity contribution in [2.45, 2.75) is 25.9 Å². The summed E-state index contributed by atoms with van der Waals surface area (Å²) in [6.07, 6.45) is 0. The van der Waals surface area contributed by atoms with Crippen LogP contribution in [0.1, 0.15) is 13.8 Å². The van der Waals surface area contributed by atoms with Crippen LogP contribution in [0, 0.1) is 0 Å². The van der Waals surface area contributed by atoms with E-state index in [-0.39, 0.29) is 0 Å². The average molecular weight is 205 g/mol. The van der Waals surface area contributed by atoms with Gasteiger partial charge in [0.1, 0.15) is 0 Å². The molecular formula is C10H23NO3. The Morgan fingerprint density at radius 2 is 1.57 bits per heavy atom. The first kappa shape index (κ1) is 13.8. The maximum absolute atomic E-state index is 5.39. The highest BCUT2D eigenvalue weighted by atomic mass is 16.5. The normalized spacial score (nSPS) is 15.4. The molecule has 4 nitrogen and oxygen atoms in total. The highest BCUT2D eigenvalue weighted by Gasteiger charge is 2.06. The van der Waals surface area contributed by atoms with Crippen LogP contribution < -0.4 is 5.32 Å². The van der Waals surface area contributed by atoms with Crippen LogP contribution in [-0.2, 0) is 14.2 Å². The van der Waals surface area contributed by atoms with Crippen molar-refractivity contribution in [3.63, 3.8) is 0 Å². The van der Waals surface area contributed by atoms with Crippen LogP contribution in [0.3, 0.4) is 0 Å². The summed E-state index contributed by atoms with van der Waals surface area (Å²) in [6.45, 7) is 6.93. The van der Waals surface area contributed by atoms with Gasteiger partial charge in [-0.2, -0.15) is 0 Å². The molecule has 2 unspecified atom stereocenters. The third-order valence-corrected chi connectivity index (χ3v) is 1.79. The lowest BCUT2D eigenvalue weighted by atomic mass is 10.3. The molecule has 0 radical (unpaired) electrons. The number of rotatable bonds is 9. The zero-order valence-electron chi connectivity index (χ0n) is 9.71.